The summed E-state index contributed by atoms with van der Waals surface area (Å²) in [4.78, 5) is 4.36. The maximum Gasteiger partial charge on any atom is 0.227 e. The number of halogens is 1. The van der Waals surface area contributed by atoms with Crippen molar-refractivity contribution in [2.75, 3.05) is 6.54 Å². The van der Waals surface area contributed by atoms with Crippen LogP contribution in [0, 0.1) is 12.7 Å². The second kappa shape index (κ2) is 7.31. The quantitative estimate of drug-likeness (QED) is 0.848. The van der Waals surface area contributed by atoms with Gasteiger partial charge in [0.1, 0.15) is 5.82 Å². The van der Waals surface area contributed by atoms with Crippen LogP contribution in [0.4, 0.5) is 4.39 Å². The Hall–Kier alpha value is -1.75. The van der Waals surface area contributed by atoms with Crippen LogP contribution in [0.25, 0.3) is 11.4 Å². The number of benzene rings is 1. The highest BCUT2D eigenvalue weighted by molar-refractivity contribution is 5.59. The average Bonchev–Trinajstić information content (AvgIpc) is 2.94. The molecule has 0 fully saturated rings. The van der Waals surface area contributed by atoms with Gasteiger partial charge in [-0.1, -0.05) is 18.1 Å². The maximum absolute atomic E-state index is 13.3. The van der Waals surface area contributed by atoms with Gasteiger partial charge < -0.3 is 9.84 Å². The number of nitrogens with one attached hydrogen (secondary N) is 1. The first kappa shape index (κ1) is 15.6. The van der Waals surface area contributed by atoms with E-state index in [-0.39, 0.29) is 5.82 Å². The van der Waals surface area contributed by atoms with Crippen LogP contribution < -0.4 is 5.32 Å². The van der Waals surface area contributed by atoms with Crippen molar-refractivity contribution in [2.45, 2.75) is 46.1 Å². The highest BCUT2D eigenvalue weighted by atomic mass is 19.1. The zero-order chi connectivity index (χ0) is 15.2. The van der Waals surface area contributed by atoms with Gasteiger partial charge in [-0.05, 0) is 50.9 Å². The molecule has 21 heavy (non-hydrogen) atoms. The van der Waals surface area contributed by atoms with E-state index in [9.17, 15) is 4.39 Å². The minimum atomic E-state index is -0.292. The lowest BCUT2D eigenvalue weighted by Crippen LogP contribution is -2.27. The molecule has 1 unspecified atom stereocenters. The summed E-state index contributed by atoms with van der Waals surface area (Å²) < 4.78 is 18.6. The number of aromatic nitrogens is 2. The molecular weight excluding hydrogens is 269 g/mol. The third-order valence-corrected chi connectivity index (χ3v) is 3.44. The molecule has 2 rings (SSSR count). The summed E-state index contributed by atoms with van der Waals surface area (Å²) in [5.41, 5.74) is 1.61. The van der Waals surface area contributed by atoms with Crippen LogP contribution in [0.3, 0.4) is 0 Å². The monoisotopic (exact) mass is 291 g/mol. The molecule has 0 aliphatic heterocycles. The number of hydrogen-bond donors (Lipinski definition) is 1. The van der Waals surface area contributed by atoms with Crippen LogP contribution in [-0.4, -0.2) is 22.7 Å². The molecule has 0 bridgehead atoms. The van der Waals surface area contributed by atoms with E-state index in [1.54, 1.807) is 6.07 Å². The minimum Gasteiger partial charge on any atom is -0.339 e. The van der Waals surface area contributed by atoms with Crippen molar-refractivity contribution in [3.05, 3.63) is 35.5 Å². The van der Waals surface area contributed by atoms with Crippen LogP contribution in [0.5, 0.6) is 0 Å². The van der Waals surface area contributed by atoms with E-state index in [1.165, 1.54) is 12.1 Å². The Morgan fingerprint density at radius 1 is 1.38 bits per heavy atom. The SMILES string of the molecule is CCCNC(C)CCc1nc(-c2cc(F)ccc2C)no1. The van der Waals surface area contributed by atoms with Crippen molar-refractivity contribution in [2.24, 2.45) is 0 Å². The molecule has 0 saturated carbocycles. The van der Waals surface area contributed by atoms with Gasteiger partial charge in [-0.25, -0.2) is 4.39 Å². The second-order valence-electron chi connectivity index (χ2n) is 5.36. The number of nitrogens with zero attached hydrogens (tertiary/aromatic N) is 2. The van der Waals surface area contributed by atoms with E-state index < -0.39 is 0 Å². The molecule has 0 aliphatic rings. The molecule has 1 atom stereocenters. The van der Waals surface area contributed by atoms with Gasteiger partial charge >= 0.3 is 0 Å². The Kier molecular flexibility index (Phi) is 5.44. The van der Waals surface area contributed by atoms with Crippen LogP contribution >= 0.6 is 0 Å². The van der Waals surface area contributed by atoms with Crippen molar-refractivity contribution in [3.8, 4) is 11.4 Å². The molecule has 1 aromatic heterocycles. The van der Waals surface area contributed by atoms with E-state index in [0.717, 1.165) is 31.4 Å². The zero-order valence-corrected chi connectivity index (χ0v) is 12.8. The van der Waals surface area contributed by atoms with Crippen molar-refractivity contribution < 1.29 is 8.91 Å². The third kappa shape index (κ3) is 4.36. The number of rotatable bonds is 7. The predicted octanol–water partition coefficient (Wildman–Crippen LogP) is 3.50. The van der Waals surface area contributed by atoms with Gasteiger partial charge in [-0.3, -0.25) is 0 Å². The fourth-order valence-corrected chi connectivity index (χ4v) is 2.13. The third-order valence-electron chi connectivity index (χ3n) is 3.44. The number of aryl methyl sites for hydroxylation is 2. The first-order valence-electron chi connectivity index (χ1n) is 7.42. The van der Waals surface area contributed by atoms with Crippen LogP contribution in [0.1, 0.15) is 38.1 Å². The van der Waals surface area contributed by atoms with Gasteiger partial charge in [0.2, 0.25) is 11.7 Å². The Balaban J connectivity index is 2.00. The van der Waals surface area contributed by atoms with Crippen molar-refractivity contribution in [1.29, 1.82) is 0 Å². The molecule has 1 aromatic carbocycles. The predicted molar refractivity (Wildman–Crippen MR) is 80.5 cm³/mol. The molecule has 1 heterocycles. The van der Waals surface area contributed by atoms with Crippen LogP contribution in [0.15, 0.2) is 22.7 Å². The summed E-state index contributed by atoms with van der Waals surface area (Å²) in [6, 6.07) is 5.00. The summed E-state index contributed by atoms with van der Waals surface area (Å²) >= 11 is 0. The zero-order valence-electron chi connectivity index (χ0n) is 12.8. The fraction of sp³-hybridized carbons (Fsp3) is 0.500. The normalized spacial score (nSPS) is 12.6. The lowest BCUT2D eigenvalue weighted by Gasteiger charge is -2.10. The van der Waals surface area contributed by atoms with Crippen molar-refractivity contribution in [1.82, 2.24) is 15.5 Å². The molecule has 5 heteroatoms. The van der Waals surface area contributed by atoms with Gasteiger partial charge in [0.25, 0.3) is 0 Å². The molecule has 1 N–H and O–H groups in total. The van der Waals surface area contributed by atoms with Crippen LogP contribution in [0.2, 0.25) is 0 Å². The van der Waals surface area contributed by atoms with Gasteiger partial charge in [-0.2, -0.15) is 4.98 Å². The first-order chi connectivity index (χ1) is 10.1. The smallest absolute Gasteiger partial charge is 0.227 e. The fourth-order valence-electron chi connectivity index (χ4n) is 2.13. The van der Waals surface area contributed by atoms with Crippen LogP contribution in [-0.2, 0) is 6.42 Å². The average molecular weight is 291 g/mol. The largest absolute Gasteiger partial charge is 0.339 e. The Morgan fingerprint density at radius 2 is 2.19 bits per heavy atom. The summed E-state index contributed by atoms with van der Waals surface area (Å²) in [7, 11) is 0. The highest BCUT2D eigenvalue weighted by Crippen LogP contribution is 2.21. The summed E-state index contributed by atoms with van der Waals surface area (Å²) in [6.07, 6.45) is 2.77. The standard InChI is InChI=1S/C16H22FN3O/c1-4-9-18-12(3)6-8-15-19-16(20-21-15)14-10-13(17)7-5-11(14)2/h5,7,10,12,18H,4,6,8-9H2,1-3H3. The number of hydrogen-bond acceptors (Lipinski definition) is 4. The van der Waals surface area contributed by atoms with E-state index in [1.807, 2.05) is 6.92 Å². The Morgan fingerprint density at radius 3 is 2.95 bits per heavy atom. The molecule has 2 aromatic rings. The maximum atomic E-state index is 13.3. The van der Waals surface area contributed by atoms with Gasteiger partial charge in [0.05, 0.1) is 0 Å². The van der Waals surface area contributed by atoms with Gasteiger partial charge in [0.15, 0.2) is 0 Å². The minimum absolute atomic E-state index is 0.292. The highest BCUT2D eigenvalue weighted by Gasteiger charge is 2.12. The molecule has 0 saturated heterocycles. The lowest BCUT2D eigenvalue weighted by atomic mass is 10.1. The van der Waals surface area contributed by atoms with Gasteiger partial charge in [-0.15, -0.1) is 0 Å². The Labute approximate surface area is 124 Å². The summed E-state index contributed by atoms with van der Waals surface area (Å²) in [5, 5.41) is 7.37. The van der Waals surface area contributed by atoms with Crippen molar-refractivity contribution in [3.63, 3.8) is 0 Å². The molecule has 0 spiro atoms. The molecule has 114 valence electrons. The topological polar surface area (TPSA) is 51.0 Å². The van der Waals surface area contributed by atoms with E-state index in [2.05, 4.69) is 29.3 Å². The first-order valence-corrected chi connectivity index (χ1v) is 7.42. The summed E-state index contributed by atoms with van der Waals surface area (Å²) in [5.74, 6) is 0.759. The van der Waals surface area contributed by atoms with Gasteiger partial charge in [0, 0.05) is 18.0 Å². The van der Waals surface area contributed by atoms with E-state index in [0.29, 0.717) is 23.3 Å². The molecule has 0 radical (unpaired) electrons. The summed E-state index contributed by atoms with van der Waals surface area (Å²) in [6.45, 7) is 7.20. The molecule has 0 amide bonds. The lowest BCUT2D eigenvalue weighted by molar-refractivity contribution is 0.367. The van der Waals surface area contributed by atoms with E-state index in [4.69, 9.17) is 4.52 Å². The Bertz CT molecular complexity index is 583. The second-order valence-corrected chi connectivity index (χ2v) is 5.36. The van der Waals surface area contributed by atoms with Crippen molar-refractivity contribution >= 4 is 0 Å². The molecular formula is C16H22FN3O. The molecule has 4 nitrogen and oxygen atoms in total. The van der Waals surface area contributed by atoms with E-state index >= 15 is 0 Å². The molecule has 0 aliphatic carbocycles.